The first-order valence-electron chi connectivity index (χ1n) is 3.52. The fourth-order valence-corrected chi connectivity index (χ4v) is 0.760. The average Bonchev–Trinajstić information content (AvgIpc) is 1.97. The molecule has 64 valence electrons. The van der Waals surface area contributed by atoms with Gasteiger partial charge < -0.3 is 4.74 Å². The quantitative estimate of drug-likeness (QED) is 0.308. The van der Waals surface area contributed by atoms with Gasteiger partial charge in [0.15, 0.2) is 0 Å². The van der Waals surface area contributed by atoms with Crippen molar-refractivity contribution >= 4 is 21.9 Å². The SMILES string of the molecule is C=C(C)CCCOC(=O)CBr. The minimum atomic E-state index is -0.202. The zero-order valence-electron chi connectivity index (χ0n) is 6.73. The summed E-state index contributed by atoms with van der Waals surface area (Å²) in [5.74, 6) is -0.202. The van der Waals surface area contributed by atoms with Gasteiger partial charge >= 0.3 is 5.97 Å². The molecule has 0 aromatic rings. The van der Waals surface area contributed by atoms with Gasteiger partial charge in [0, 0.05) is 0 Å². The molecule has 0 radical (unpaired) electrons. The van der Waals surface area contributed by atoms with Gasteiger partial charge in [-0.25, -0.2) is 0 Å². The van der Waals surface area contributed by atoms with E-state index in [1.165, 1.54) is 0 Å². The van der Waals surface area contributed by atoms with Crippen LogP contribution in [0.1, 0.15) is 19.8 Å². The molecule has 0 spiro atoms. The molecule has 3 heteroatoms. The van der Waals surface area contributed by atoms with E-state index < -0.39 is 0 Å². The summed E-state index contributed by atoms with van der Waals surface area (Å²) in [6.45, 7) is 6.20. The van der Waals surface area contributed by atoms with Crippen molar-refractivity contribution in [2.45, 2.75) is 19.8 Å². The minimum Gasteiger partial charge on any atom is -0.465 e. The van der Waals surface area contributed by atoms with E-state index in [0.717, 1.165) is 18.4 Å². The Labute approximate surface area is 75.7 Å². The van der Waals surface area contributed by atoms with E-state index in [9.17, 15) is 4.79 Å². The number of hydrogen-bond acceptors (Lipinski definition) is 2. The van der Waals surface area contributed by atoms with Crippen molar-refractivity contribution in [1.29, 1.82) is 0 Å². The van der Waals surface area contributed by atoms with E-state index in [-0.39, 0.29) is 11.3 Å². The van der Waals surface area contributed by atoms with Crippen LogP contribution in [0.3, 0.4) is 0 Å². The lowest BCUT2D eigenvalue weighted by atomic mass is 10.2. The highest BCUT2D eigenvalue weighted by atomic mass is 79.9. The molecule has 0 aliphatic heterocycles. The van der Waals surface area contributed by atoms with Gasteiger partial charge in [-0.3, -0.25) is 4.79 Å². The Morgan fingerprint density at radius 3 is 2.73 bits per heavy atom. The van der Waals surface area contributed by atoms with E-state index in [0.29, 0.717) is 6.61 Å². The minimum absolute atomic E-state index is 0.202. The van der Waals surface area contributed by atoms with Crippen LogP contribution in [0.15, 0.2) is 12.2 Å². The van der Waals surface area contributed by atoms with Crippen molar-refractivity contribution in [3.8, 4) is 0 Å². The Morgan fingerprint density at radius 1 is 1.64 bits per heavy atom. The van der Waals surface area contributed by atoms with Crippen LogP contribution in [-0.2, 0) is 9.53 Å². The molecule has 0 saturated heterocycles. The molecule has 0 amide bonds. The van der Waals surface area contributed by atoms with Crippen LogP contribution in [-0.4, -0.2) is 17.9 Å². The number of ether oxygens (including phenoxy) is 1. The Morgan fingerprint density at radius 2 is 2.27 bits per heavy atom. The van der Waals surface area contributed by atoms with E-state index >= 15 is 0 Å². The maximum Gasteiger partial charge on any atom is 0.316 e. The molecule has 0 saturated carbocycles. The van der Waals surface area contributed by atoms with Gasteiger partial charge in [-0.2, -0.15) is 0 Å². The number of esters is 1. The number of halogens is 1. The average molecular weight is 221 g/mol. The van der Waals surface area contributed by atoms with E-state index in [1.54, 1.807) is 0 Å². The Bertz CT molecular complexity index is 143. The zero-order valence-corrected chi connectivity index (χ0v) is 8.32. The summed E-state index contributed by atoms with van der Waals surface area (Å²) in [5, 5.41) is 0.278. The number of rotatable bonds is 5. The molecule has 0 aliphatic carbocycles. The molecule has 0 unspecified atom stereocenters. The fourth-order valence-electron chi connectivity index (χ4n) is 0.599. The van der Waals surface area contributed by atoms with Gasteiger partial charge in [0.25, 0.3) is 0 Å². The lowest BCUT2D eigenvalue weighted by Crippen LogP contribution is -2.06. The van der Waals surface area contributed by atoms with Gasteiger partial charge in [0.05, 0.1) is 6.61 Å². The van der Waals surface area contributed by atoms with Crippen molar-refractivity contribution in [3.05, 3.63) is 12.2 Å². The first-order chi connectivity index (χ1) is 5.16. The number of carbonyl (C=O) groups is 1. The van der Waals surface area contributed by atoms with Crippen LogP contribution < -0.4 is 0 Å². The third-order valence-electron chi connectivity index (χ3n) is 1.12. The van der Waals surface area contributed by atoms with E-state index in [1.807, 2.05) is 6.92 Å². The first kappa shape index (κ1) is 10.7. The standard InChI is InChI=1S/C8H13BrO2/c1-7(2)4-3-5-11-8(10)6-9/h1,3-6H2,2H3. The fraction of sp³-hybridized carbons (Fsp3) is 0.625. The van der Waals surface area contributed by atoms with E-state index in [4.69, 9.17) is 4.74 Å². The second kappa shape index (κ2) is 6.40. The molecule has 0 heterocycles. The molecule has 11 heavy (non-hydrogen) atoms. The van der Waals surface area contributed by atoms with Gasteiger partial charge in [0.2, 0.25) is 0 Å². The zero-order chi connectivity index (χ0) is 8.69. The molecule has 0 aliphatic rings. The summed E-state index contributed by atoms with van der Waals surface area (Å²) in [6.07, 6.45) is 1.80. The highest BCUT2D eigenvalue weighted by Crippen LogP contribution is 2.00. The van der Waals surface area contributed by atoms with Crippen LogP contribution in [0.5, 0.6) is 0 Å². The normalized spacial score (nSPS) is 9.27. The topological polar surface area (TPSA) is 26.3 Å². The largest absolute Gasteiger partial charge is 0.465 e. The van der Waals surface area contributed by atoms with Crippen molar-refractivity contribution < 1.29 is 9.53 Å². The molecule has 0 N–H and O–H groups in total. The van der Waals surface area contributed by atoms with Crippen molar-refractivity contribution in [1.82, 2.24) is 0 Å². The van der Waals surface area contributed by atoms with Crippen LogP contribution in [0.2, 0.25) is 0 Å². The molecular formula is C8H13BrO2. The molecular weight excluding hydrogens is 208 g/mol. The summed E-state index contributed by atoms with van der Waals surface area (Å²) in [7, 11) is 0. The molecule has 0 bridgehead atoms. The van der Waals surface area contributed by atoms with Gasteiger partial charge in [-0.05, 0) is 19.8 Å². The monoisotopic (exact) mass is 220 g/mol. The third-order valence-corrected chi connectivity index (χ3v) is 1.58. The second-order valence-electron chi connectivity index (χ2n) is 2.41. The number of alkyl halides is 1. The van der Waals surface area contributed by atoms with E-state index in [2.05, 4.69) is 22.5 Å². The summed E-state index contributed by atoms with van der Waals surface area (Å²) in [6, 6.07) is 0. The summed E-state index contributed by atoms with van der Waals surface area (Å²) >= 11 is 3.00. The van der Waals surface area contributed by atoms with Crippen molar-refractivity contribution in [3.63, 3.8) is 0 Å². The number of carbonyl (C=O) groups excluding carboxylic acids is 1. The van der Waals surface area contributed by atoms with Crippen LogP contribution in [0.4, 0.5) is 0 Å². The first-order valence-corrected chi connectivity index (χ1v) is 4.65. The second-order valence-corrected chi connectivity index (χ2v) is 2.98. The van der Waals surface area contributed by atoms with Crippen molar-refractivity contribution in [2.24, 2.45) is 0 Å². The lowest BCUT2D eigenvalue weighted by molar-refractivity contribution is -0.140. The molecule has 0 rings (SSSR count). The predicted molar refractivity (Wildman–Crippen MR) is 48.8 cm³/mol. The Kier molecular flexibility index (Phi) is 6.22. The Balaban J connectivity index is 3.14. The summed E-state index contributed by atoms with van der Waals surface area (Å²) in [5.41, 5.74) is 1.12. The highest BCUT2D eigenvalue weighted by molar-refractivity contribution is 9.09. The lowest BCUT2D eigenvalue weighted by Gasteiger charge is -2.01. The van der Waals surface area contributed by atoms with Crippen molar-refractivity contribution in [2.75, 3.05) is 11.9 Å². The van der Waals surface area contributed by atoms with Crippen LogP contribution >= 0.6 is 15.9 Å². The molecule has 0 aromatic carbocycles. The molecule has 0 atom stereocenters. The summed E-state index contributed by atoms with van der Waals surface area (Å²) < 4.78 is 4.81. The third kappa shape index (κ3) is 7.59. The van der Waals surface area contributed by atoms with Crippen LogP contribution in [0, 0.1) is 0 Å². The van der Waals surface area contributed by atoms with Crippen LogP contribution in [0.25, 0.3) is 0 Å². The maximum atomic E-state index is 10.6. The highest BCUT2D eigenvalue weighted by Gasteiger charge is 1.97. The maximum absolute atomic E-state index is 10.6. The summed E-state index contributed by atoms with van der Waals surface area (Å²) in [4.78, 5) is 10.6. The number of allylic oxidation sites excluding steroid dienone is 1. The molecule has 0 fully saturated rings. The van der Waals surface area contributed by atoms with Gasteiger partial charge in [0.1, 0.15) is 5.33 Å². The number of hydrogen-bond donors (Lipinski definition) is 0. The van der Waals surface area contributed by atoms with Gasteiger partial charge in [-0.15, -0.1) is 6.58 Å². The van der Waals surface area contributed by atoms with Gasteiger partial charge in [-0.1, -0.05) is 21.5 Å². The smallest absolute Gasteiger partial charge is 0.316 e. The predicted octanol–water partition coefficient (Wildman–Crippen LogP) is 2.28. The molecule has 0 aromatic heterocycles. The Hall–Kier alpha value is -0.310. The molecule has 2 nitrogen and oxygen atoms in total.